The van der Waals surface area contributed by atoms with Crippen molar-refractivity contribution in [2.75, 3.05) is 25.0 Å². The molecule has 1 aromatic rings. The van der Waals surface area contributed by atoms with E-state index in [-0.39, 0.29) is 23.6 Å². The van der Waals surface area contributed by atoms with Gasteiger partial charge in [0.1, 0.15) is 0 Å². The van der Waals surface area contributed by atoms with E-state index >= 15 is 0 Å². The van der Waals surface area contributed by atoms with Gasteiger partial charge in [-0.15, -0.1) is 0 Å². The number of likely N-dealkylation sites (tertiary alicyclic amines) is 1. The summed E-state index contributed by atoms with van der Waals surface area (Å²) in [6.07, 6.45) is 3.68. The molecule has 1 atom stereocenters. The van der Waals surface area contributed by atoms with Gasteiger partial charge in [-0.1, -0.05) is 13.3 Å². The van der Waals surface area contributed by atoms with Crippen molar-refractivity contribution in [1.29, 1.82) is 0 Å². The number of carbonyl (C=O) groups excluding carboxylic acids is 3. The molecule has 1 aromatic carbocycles. The van der Waals surface area contributed by atoms with Crippen LogP contribution in [0, 0.1) is 5.92 Å². The van der Waals surface area contributed by atoms with E-state index in [9.17, 15) is 14.4 Å². The summed E-state index contributed by atoms with van der Waals surface area (Å²) in [6.45, 7) is 5.36. The van der Waals surface area contributed by atoms with Crippen LogP contribution in [0.5, 0.6) is 0 Å². The lowest BCUT2D eigenvalue weighted by atomic mass is 9.96. The Morgan fingerprint density at radius 2 is 1.92 bits per heavy atom. The summed E-state index contributed by atoms with van der Waals surface area (Å²) in [6, 6.07) is 6.85. The average molecular weight is 345 g/mol. The van der Waals surface area contributed by atoms with Crippen molar-refractivity contribution in [1.82, 2.24) is 10.2 Å². The van der Waals surface area contributed by atoms with Gasteiger partial charge in [0.05, 0.1) is 5.92 Å². The Balaban J connectivity index is 1.94. The minimum Gasteiger partial charge on any atom is -0.356 e. The monoisotopic (exact) mass is 345 g/mol. The minimum atomic E-state index is -0.146. The summed E-state index contributed by atoms with van der Waals surface area (Å²) >= 11 is 0. The summed E-state index contributed by atoms with van der Waals surface area (Å²) in [4.78, 5) is 37.7. The quantitative estimate of drug-likeness (QED) is 0.777. The molecule has 0 radical (unpaired) electrons. The van der Waals surface area contributed by atoms with Gasteiger partial charge in [-0.2, -0.15) is 0 Å². The molecule has 3 amide bonds. The third-order valence-electron chi connectivity index (χ3n) is 4.36. The van der Waals surface area contributed by atoms with Crippen LogP contribution >= 0.6 is 0 Å². The van der Waals surface area contributed by atoms with Crippen LogP contribution in [0.3, 0.4) is 0 Å². The largest absolute Gasteiger partial charge is 0.356 e. The highest BCUT2D eigenvalue weighted by Crippen LogP contribution is 2.20. The Hall–Kier alpha value is -2.37. The smallest absolute Gasteiger partial charge is 0.253 e. The molecule has 136 valence electrons. The summed E-state index contributed by atoms with van der Waals surface area (Å²) in [7, 11) is 0. The van der Waals surface area contributed by atoms with E-state index in [1.807, 2.05) is 0 Å². The van der Waals surface area contributed by atoms with E-state index in [4.69, 9.17) is 0 Å². The summed E-state index contributed by atoms with van der Waals surface area (Å²) in [5.74, 6) is -0.298. The Labute approximate surface area is 149 Å². The summed E-state index contributed by atoms with van der Waals surface area (Å²) < 4.78 is 0. The van der Waals surface area contributed by atoms with Gasteiger partial charge in [0, 0.05) is 37.8 Å². The van der Waals surface area contributed by atoms with E-state index in [0.29, 0.717) is 30.9 Å². The lowest BCUT2D eigenvalue weighted by Gasteiger charge is -2.32. The average Bonchev–Trinajstić information content (AvgIpc) is 2.61. The molecule has 1 aliphatic rings. The van der Waals surface area contributed by atoms with Gasteiger partial charge in [-0.3, -0.25) is 14.4 Å². The van der Waals surface area contributed by atoms with E-state index in [1.165, 1.54) is 6.92 Å². The van der Waals surface area contributed by atoms with Crippen molar-refractivity contribution < 1.29 is 14.4 Å². The maximum Gasteiger partial charge on any atom is 0.253 e. The van der Waals surface area contributed by atoms with Crippen molar-refractivity contribution in [3.05, 3.63) is 29.8 Å². The molecule has 6 heteroatoms. The number of hydrogen-bond donors (Lipinski definition) is 2. The molecule has 2 N–H and O–H groups in total. The second kappa shape index (κ2) is 9.20. The first-order valence-electron chi connectivity index (χ1n) is 8.96. The number of amides is 3. The molecule has 0 aromatic heterocycles. The van der Waals surface area contributed by atoms with E-state index in [2.05, 4.69) is 17.6 Å². The van der Waals surface area contributed by atoms with Gasteiger partial charge in [-0.05, 0) is 43.5 Å². The van der Waals surface area contributed by atoms with Gasteiger partial charge in [0.15, 0.2) is 0 Å². The molecule has 1 aliphatic heterocycles. The highest BCUT2D eigenvalue weighted by Gasteiger charge is 2.28. The molecular formula is C19H27N3O3. The number of nitrogens with zero attached hydrogens (tertiary/aromatic N) is 1. The van der Waals surface area contributed by atoms with E-state index in [0.717, 1.165) is 25.7 Å². The molecule has 0 spiro atoms. The van der Waals surface area contributed by atoms with Gasteiger partial charge in [-0.25, -0.2) is 0 Å². The standard InChI is InChI=1S/C19H27N3O3/c1-3-4-11-20-18(24)16-6-5-12-22(13-16)19(25)15-7-9-17(10-8-15)21-14(2)23/h7-10,16H,3-6,11-13H2,1-2H3,(H,20,24)(H,21,23)/t16-/m1/s1. The molecule has 1 fully saturated rings. The first-order chi connectivity index (χ1) is 12.0. The molecular weight excluding hydrogens is 318 g/mol. The molecule has 2 rings (SSSR count). The molecule has 1 saturated heterocycles. The van der Waals surface area contributed by atoms with Crippen molar-refractivity contribution >= 4 is 23.4 Å². The minimum absolute atomic E-state index is 0.0481. The summed E-state index contributed by atoms with van der Waals surface area (Å²) in [5, 5.41) is 5.64. The van der Waals surface area contributed by atoms with Crippen LogP contribution in [-0.2, 0) is 9.59 Å². The maximum absolute atomic E-state index is 12.7. The van der Waals surface area contributed by atoms with Crippen LogP contribution in [0.1, 0.15) is 49.9 Å². The molecule has 0 aliphatic carbocycles. The zero-order valence-electron chi connectivity index (χ0n) is 15.0. The second-order valence-corrected chi connectivity index (χ2v) is 6.49. The SMILES string of the molecule is CCCCNC(=O)[C@@H]1CCCN(C(=O)c2ccc(NC(C)=O)cc2)C1. The number of anilines is 1. The Morgan fingerprint density at radius 1 is 1.20 bits per heavy atom. The second-order valence-electron chi connectivity index (χ2n) is 6.49. The van der Waals surface area contributed by atoms with Gasteiger partial charge >= 0.3 is 0 Å². The zero-order chi connectivity index (χ0) is 18.2. The third-order valence-corrected chi connectivity index (χ3v) is 4.36. The molecule has 6 nitrogen and oxygen atoms in total. The number of hydrogen-bond acceptors (Lipinski definition) is 3. The predicted octanol–water partition coefficient (Wildman–Crippen LogP) is 2.41. The molecule has 0 bridgehead atoms. The van der Waals surface area contributed by atoms with Crippen LogP contribution < -0.4 is 10.6 Å². The van der Waals surface area contributed by atoms with Crippen LogP contribution in [0.25, 0.3) is 0 Å². The van der Waals surface area contributed by atoms with E-state index < -0.39 is 0 Å². The topological polar surface area (TPSA) is 78.5 Å². The lowest BCUT2D eigenvalue weighted by Crippen LogP contribution is -2.45. The molecule has 0 unspecified atom stereocenters. The van der Waals surface area contributed by atoms with Gasteiger partial charge in [0.2, 0.25) is 11.8 Å². The molecule has 25 heavy (non-hydrogen) atoms. The maximum atomic E-state index is 12.7. The first kappa shape index (κ1) is 19.0. The van der Waals surface area contributed by atoms with Crippen LogP contribution in [0.4, 0.5) is 5.69 Å². The number of benzene rings is 1. The molecule has 0 saturated carbocycles. The van der Waals surface area contributed by atoms with Crippen LogP contribution in [0.2, 0.25) is 0 Å². The van der Waals surface area contributed by atoms with Crippen molar-refractivity contribution in [3.63, 3.8) is 0 Å². The number of nitrogens with one attached hydrogen (secondary N) is 2. The number of unbranched alkanes of at least 4 members (excludes halogenated alkanes) is 1. The highest BCUT2D eigenvalue weighted by atomic mass is 16.2. The van der Waals surface area contributed by atoms with Crippen molar-refractivity contribution in [3.8, 4) is 0 Å². The fourth-order valence-electron chi connectivity index (χ4n) is 2.99. The number of piperidine rings is 1. The van der Waals surface area contributed by atoms with Crippen molar-refractivity contribution in [2.24, 2.45) is 5.92 Å². The summed E-state index contributed by atoms with van der Waals surface area (Å²) in [5.41, 5.74) is 1.23. The number of carbonyl (C=O) groups is 3. The fourth-order valence-corrected chi connectivity index (χ4v) is 2.99. The first-order valence-corrected chi connectivity index (χ1v) is 8.96. The normalized spacial score (nSPS) is 17.0. The zero-order valence-corrected chi connectivity index (χ0v) is 15.0. The molecule has 1 heterocycles. The van der Waals surface area contributed by atoms with Crippen LogP contribution in [-0.4, -0.2) is 42.3 Å². The Bertz CT molecular complexity index is 613. The lowest BCUT2D eigenvalue weighted by molar-refractivity contribution is -0.126. The predicted molar refractivity (Wildman–Crippen MR) is 97.3 cm³/mol. The van der Waals surface area contributed by atoms with Crippen LogP contribution in [0.15, 0.2) is 24.3 Å². The Kier molecular flexibility index (Phi) is 6.98. The van der Waals surface area contributed by atoms with Gasteiger partial charge in [0.25, 0.3) is 5.91 Å². The number of rotatable bonds is 6. The fraction of sp³-hybridized carbons (Fsp3) is 0.526. The Morgan fingerprint density at radius 3 is 2.56 bits per heavy atom. The van der Waals surface area contributed by atoms with Gasteiger partial charge < -0.3 is 15.5 Å². The highest BCUT2D eigenvalue weighted by molar-refractivity contribution is 5.96. The van der Waals surface area contributed by atoms with Crippen molar-refractivity contribution in [2.45, 2.75) is 39.5 Å². The van der Waals surface area contributed by atoms with E-state index in [1.54, 1.807) is 29.2 Å². The third kappa shape index (κ3) is 5.59.